The predicted molar refractivity (Wildman–Crippen MR) is 97.5 cm³/mol. The molecule has 0 aliphatic rings. The fraction of sp³-hybridized carbons (Fsp3) is 0.400. The van der Waals surface area contributed by atoms with Crippen LogP contribution in [0.5, 0.6) is 0 Å². The van der Waals surface area contributed by atoms with E-state index in [1.54, 1.807) is 0 Å². The summed E-state index contributed by atoms with van der Waals surface area (Å²) in [6.07, 6.45) is 1.48. The number of anilines is 1. The van der Waals surface area contributed by atoms with Gasteiger partial charge in [-0.05, 0) is 23.6 Å². The van der Waals surface area contributed by atoms with Gasteiger partial charge < -0.3 is 5.73 Å². The molecule has 1 aromatic carbocycles. The number of benzene rings is 1. The molecule has 0 spiro atoms. The van der Waals surface area contributed by atoms with Crippen LogP contribution >= 0.6 is 35.3 Å². The Hall–Kier alpha value is -1.21. The second-order valence-electron chi connectivity index (χ2n) is 5.21. The summed E-state index contributed by atoms with van der Waals surface area (Å²) in [6, 6.07) is 7.05. The molecule has 0 aliphatic carbocycles. The van der Waals surface area contributed by atoms with E-state index in [2.05, 4.69) is 15.5 Å². The van der Waals surface area contributed by atoms with Crippen LogP contribution < -0.4 is 11.1 Å². The van der Waals surface area contributed by atoms with E-state index >= 15 is 0 Å². The van der Waals surface area contributed by atoms with E-state index in [0.29, 0.717) is 16.6 Å². The van der Waals surface area contributed by atoms with E-state index in [0.717, 1.165) is 17.0 Å². The Labute approximate surface area is 151 Å². The zero-order valence-corrected chi connectivity index (χ0v) is 15.3. The molecule has 2 aromatic rings. The van der Waals surface area contributed by atoms with Crippen molar-refractivity contribution < 1.29 is 4.79 Å². The molecule has 0 saturated carbocycles. The lowest BCUT2D eigenvalue weighted by molar-refractivity contribution is -0.118. The highest BCUT2D eigenvalue weighted by Crippen LogP contribution is 2.20. The van der Waals surface area contributed by atoms with Gasteiger partial charge in [-0.15, -0.1) is 22.6 Å². The van der Waals surface area contributed by atoms with Crippen LogP contribution in [-0.2, 0) is 11.2 Å². The Kier molecular flexibility index (Phi) is 7.91. The number of hydrogen-bond acceptors (Lipinski definition) is 5. The summed E-state index contributed by atoms with van der Waals surface area (Å²) in [6.45, 7) is 3.96. The smallest absolute Gasteiger partial charge is 0.243 e. The fourth-order valence-electron chi connectivity index (χ4n) is 1.90. The number of carbonyl (C=O) groups is 1. The number of rotatable bonds is 6. The number of aromatic nitrogens is 2. The first-order valence-corrected chi connectivity index (χ1v) is 8.32. The number of nitrogens with zero attached hydrogens (tertiary/aromatic N) is 2. The molecule has 0 fully saturated rings. The lowest BCUT2D eigenvalue weighted by atomic mass is 10.00. The molecule has 2 rings (SSSR count). The molecular weight excluding hydrogens is 355 g/mol. The quantitative estimate of drug-likeness (QED) is 0.810. The van der Waals surface area contributed by atoms with Gasteiger partial charge in [0.1, 0.15) is 5.01 Å². The third-order valence-electron chi connectivity index (χ3n) is 3.50. The van der Waals surface area contributed by atoms with Gasteiger partial charge in [0.15, 0.2) is 0 Å². The van der Waals surface area contributed by atoms with Gasteiger partial charge in [0.2, 0.25) is 11.0 Å². The molecule has 0 radical (unpaired) electrons. The van der Waals surface area contributed by atoms with E-state index in [1.165, 1.54) is 11.3 Å². The summed E-state index contributed by atoms with van der Waals surface area (Å²) >= 11 is 7.31. The molecule has 2 unspecified atom stereocenters. The molecule has 0 bridgehead atoms. The summed E-state index contributed by atoms with van der Waals surface area (Å²) in [5.74, 6) is -0.0985. The van der Waals surface area contributed by atoms with Crippen molar-refractivity contribution >= 4 is 46.4 Å². The monoisotopic (exact) mass is 374 g/mol. The molecule has 1 aromatic heterocycles. The average molecular weight is 375 g/mol. The Morgan fingerprint density at radius 2 is 2.17 bits per heavy atom. The van der Waals surface area contributed by atoms with E-state index in [9.17, 15) is 4.79 Å². The first-order chi connectivity index (χ1) is 10.5. The number of nitrogens with one attached hydrogen (secondary N) is 1. The Morgan fingerprint density at radius 1 is 1.43 bits per heavy atom. The molecule has 1 amide bonds. The van der Waals surface area contributed by atoms with Crippen molar-refractivity contribution in [2.45, 2.75) is 32.7 Å². The standard InChI is InChI=1S/C15H19ClN4OS.ClH/c1-3-9(2)13(17)14(21)18-15-20-19-12(22-15)8-10-5-4-6-11(16)7-10;/h4-7,9,13H,3,8,17H2,1-2H3,(H,18,20,21);1H. The van der Waals surface area contributed by atoms with Crippen LogP contribution in [0.3, 0.4) is 0 Å². The minimum absolute atomic E-state index is 0. The minimum atomic E-state index is -0.537. The van der Waals surface area contributed by atoms with Gasteiger partial charge in [0.25, 0.3) is 0 Å². The van der Waals surface area contributed by atoms with E-state index < -0.39 is 6.04 Å². The van der Waals surface area contributed by atoms with Crippen LogP contribution in [-0.4, -0.2) is 22.1 Å². The minimum Gasteiger partial charge on any atom is -0.320 e. The van der Waals surface area contributed by atoms with Crippen LogP contribution in [0.15, 0.2) is 24.3 Å². The molecule has 3 N–H and O–H groups in total. The average Bonchev–Trinajstić information content (AvgIpc) is 2.92. The fourth-order valence-corrected chi connectivity index (χ4v) is 2.89. The first kappa shape index (κ1) is 19.8. The molecule has 2 atom stereocenters. The second-order valence-corrected chi connectivity index (χ2v) is 6.71. The molecule has 126 valence electrons. The summed E-state index contributed by atoms with van der Waals surface area (Å²) < 4.78 is 0. The molecular formula is C15H20Cl2N4OS. The SMILES string of the molecule is CCC(C)C(N)C(=O)Nc1nnc(Cc2cccc(Cl)c2)s1.Cl. The highest BCUT2D eigenvalue weighted by molar-refractivity contribution is 7.15. The van der Waals surface area contributed by atoms with E-state index in [1.807, 2.05) is 38.1 Å². The molecule has 1 heterocycles. The highest BCUT2D eigenvalue weighted by atomic mass is 35.5. The zero-order chi connectivity index (χ0) is 16.1. The van der Waals surface area contributed by atoms with E-state index in [-0.39, 0.29) is 24.2 Å². The summed E-state index contributed by atoms with van der Waals surface area (Å²) in [5.41, 5.74) is 6.95. The van der Waals surface area contributed by atoms with Gasteiger partial charge in [-0.25, -0.2) is 0 Å². The summed E-state index contributed by atoms with van der Waals surface area (Å²) in [5, 5.41) is 12.8. The molecule has 23 heavy (non-hydrogen) atoms. The van der Waals surface area contributed by atoms with Gasteiger partial charge in [0.05, 0.1) is 6.04 Å². The van der Waals surface area contributed by atoms with Crippen molar-refractivity contribution in [2.24, 2.45) is 11.7 Å². The first-order valence-electron chi connectivity index (χ1n) is 7.13. The van der Waals surface area contributed by atoms with Crippen molar-refractivity contribution in [3.8, 4) is 0 Å². The maximum Gasteiger partial charge on any atom is 0.243 e. The molecule has 5 nitrogen and oxygen atoms in total. The van der Waals surface area contributed by atoms with Crippen LogP contribution in [0.2, 0.25) is 5.02 Å². The number of nitrogens with two attached hydrogens (primary N) is 1. The topological polar surface area (TPSA) is 80.9 Å². The maximum absolute atomic E-state index is 12.0. The van der Waals surface area contributed by atoms with Crippen LogP contribution in [0.1, 0.15) is 30.8 Å². The van der Waals surface area contributed by atoms with E-state index in [4.69, 9.17) is 17.3 Å². The van der Waals surface area contributed by atoms with Crippen LogP contribution in [0, 0.1) is 5.92 Å². The van der Waals surface area contributed by atoms with Gasteiger partial charge in [-0.3, -0.25) is 10.1 Å². The van der Waals surface area contributed by atoms with Gasteiger partial charge in [0, 0.05) is 11.4 Å². The third kappa shape index (κ3) is 5.73. The van der Waals surface area contributed by atoms with Gasteiger partial charge in [-0.1, -0.05) is 55.3 Å². The predicted octanol–water partition coefficient (Wildman–Crippen LogP) is 3.52. The van der Waals surface area contributed by atoms with Crippen molar-refractivity contribution in [3.05, 3.63) is 39.9 Å². The van der Waals surface area contributed by atoms with Gasteiger partial charge in [-0.2, -0.15) is 0 Å². The zero-order valence-electron chi connectivity index (χ0n) is 13.0. The number of carbonyl (C=O) groups excluding carboxylic acids is 1. The molecule has 8 heteroatoms. The van der Waals surface area contributed by atoms with Crippen molar-refractivity contribution in [1.29, 1.82) is 0 Å². The van der Waals surface area contributed by atoms with Gasteiger partial charge >= 0.3 is 0 Å². The molecule has 0 aliphatic heterocycles. The lowest BCUT2D eigenvalue weighted by Crippen LogP contribution is -2.40. The third-order valence-corrected chi connectivity index (χ3v) is 4.57. The van der Waals surface area contributed by atoms with Crippen molar-refractivity contribution in [3.63, 3.8) is 0 Å². The largest absolute Gasteiger partial charge is 0.320 e. The Balaban J connectivity index is 0.00000264. The molecule has 0 saturated heterocycles. The second kappa shape index (κ2) is 9.17. The highest BCUT2D eigenvalue weighted by Gasteiger charge is 2.20. The lowest BCUT2D eigenvalue weighted by Gasteiger charge is -2.16. The number of hydrogen-bond donors (Lipinski definition) is 2. The summed E-state index contributed by atoms with van der Waals surface area (Å²) in [4.78, 5) is 12.0. The Bertz CT molecular complexity index is 650. The summed E-state index contributed by atoms with van der Waals surface area (Å²) in [7, 11) is 0. The van der Waals surface area contributed by atoms with Crippen LogP contribution in [0.25, 0.3) is 0 Å². The maximum atomic E-state index is 12.0. The number of halogens is 2. The number of amides is 1. The normalized spacial score (nSPS) is 13.0. The van der Waals surface area contributed by atoms with Crippen molar-refractivity contribution in [1.82, 2.24) is 10.2 Å². The van der Waals surface area contributed by atoms with Crippen LogP contribution in [0.4, 0.5) is 5.13 Å². The Morgan fingerprint density at radius 3 is 2.83 bits per heavy atom. The van der Waals surface area contributed by atoms with Crippen molar-refractivity contribution in [2.75, 3.05) is 5.32 Å².